The number of hydrogen-bond acceptors (Lipinski definition) is 4. The fraction of sp³-hybridized carbons (Fsp3) is 0.333. The molecule has 0 bridgehead atoms. The summed E-state index contributed by atoms with van der Waals surface area (Å²) in [5.74, 6) is 0.894. The van der Waals surface area contributed by atoms with Gasteiger partial charge in [0, 0.05) is 4.90 Å². The van der Waals surface area contributed by atoms with Crippen molar-refractivity contribution >= 4 is 39.0 Å². The quantitative estimate of drug-likeness (QED) is 0.588. The maximum Gasteiger partial charge on any atom is 0.131 e. The average Bonchev–Trinajstić information content (AvgIpc) is 2.85. The van der Waals surface area contributed by atoms with Gasteiger partial charge in [0.05, 0.1) is 10.6 Å². The molecule has 0 aliphatic heterocycles. The molecule has 1 heterocycles. The third-order valence-electron chi connectivity index (χ3n) is 2.21. The van der Waals surface area contributed by atoms with Gasteiger partial charge in [-0.25, -0.2) is 0 Å². The Morgan fingerprint density at radius 1 is 1.29 bits per heavy atom. The summed E-state index contributed by atoms with van der Waals surface area (Å²) in [6.45, 7) is 2.14. The third kappa shape index (κ3) is 3.79. The van der Waals surface area contributed by atoms with E-state index in [9.17, 15) is 0 Å². The highest BCUT2D eigenvalue weighted by Gasteiger charge is 2.11. The third-order valence-corrected chi connectivity index (χ3v) is 5.84. The first kappa shape index (κ1) is 13.1. The van der Waals surface area contributed by atoms with E-state index < -0.39 is 0 Å². The van der Waals surface area contributed by atoms with Crippen molar-refractivity contribution in [3.8, 4) is 0 Å². The standard InChI is InChI=1S/C12H13BrN2S2/c1-2-10(13)12-15-14-11(17-12)8-16-9-6-4-3-5-7-9/h3-7,10H,2,8H2,1H3. The molecule has 1 aromatic heterocycles. The van der Waals surface area contributed by atoms with E-state index in [1.807, 2.05) is 6.07 Å². The summed E-state index contributed by atoms with van der Waals surface area (Å²) in [7, 11) is 0. The highest BCUT2D eigenvalue weighted by molar-refractivity contribution is 9.09. The van der Waals surface area contributed by atoms with Crippen molar-refractivity contribution in [1.29, 1.82) is 0 Å². The van der Waals surface area contributed by atoms with Crippen LogP contribution in [-0.4, -0.2) is 10.2 Å². The van der Waals surface area contributed by atoms with Gasteiger partial charge in [0.25, 0.3) is 0 Å². The molecule has 2 rings (SSSR count). The molecule has 1 unspecified atom stereocenters. The molecule has 0 spiro atoms. The van der Waals surface area contributed by atoms with Crippen molar-refractivity contribution in [1.82, 2.24) is 10.2 Å². The molecule has 1 aromatic carbocycles. The molecule has 0 saturated heterocycles. The van der Waals surface area contributed by atoms with Crippen molar-refractivity contribution in [2.75, 3.05) is 0 Å². The summed E-state index contributed by atoms with van der Waals surface area (Å²) in [5.41, 5.74) is 0. The fourth-order valence-electron chi connectivity index (χ4n) is 1.29. The predicted octanol–water partition coefficient (Wildman–Crippen LogP) is 4.68. The highest BCUT2D eigenvalue weighted by Crippen LogP contribution is 2.30. The molecular formula is C12H13BrN2S2. The van der Waals surface area contributed by atoms with Crippen molar-refractivity contribution in [2.45, 2.75) is 28.8 Å². The fourth-order valence-corrected chi connectivity index (χ4v) is 3.47. The lowest BCUT2D eigenvalue weighted by Gasteiger charge is -1.98. The lowest BCUT2D eigenvalue weighted by Crippen LogP contribution is -1.85. The normalized spacial score (nSPS) is 12.6. The molecule has 0 fully saturated rings. The van der Waals surface area contributed by atoms with Gasteiger partial charge in [-0.05, 0) is 18.6 Å². The number of aromatic nitrogens is 2. The van der Waals surface area contributed by atoms with E-state index in [4.69, 9.17) is 0 Å². The summed E-state index contributed by atoms with van der Waals surface area (Å²) in [4.78, 5) is 1.62. The molecule has 0 radical (unpaired) electrons. The van der Waals surface area contributed by atoms with Gasteiger partial charge in [-0.1, -0.05) is 52.4 Å². The topological polar surface area (TPSA) is 25.8 Å². The van der Waals surface area contributed by atoms with Crippen LogP contribution < -0.4 is 0 Å². The Hall–Kier alpha value is -0.390. The van der Waals surface area contributed by atoms with Gasteiger partial charge in [-0.2, -0.15) is 0 Å². The summed E-state index contributed by atoms with van der Waals surface area (Å²) >= 11 is 7.09. The minimum absolute atomic E-state index is 0.343. The summed E-state index contributed by atoms with van der Waals surface area (Å²) < 4.78 is 0. The van der Waals surface area contributed by atoms with Crippen LogP contribution in [0.2, 0.25) is 0 Å². The van der Waals surface area contributed by atoms with Gasteiger partial charge >= 0.3 is 0 Å². The molecule has 5 heteroatoms. The van der Waals surface area contributed by atoms with Gasteiger partial charge in [0.1, 0.15) is 10.0 Å². The first-order chi connectivity index (χ1) is 8.29. The molecule has 2 aromatic rings. The number of benzene rings is 1. The largest absolute Gasteiger partial charge is 0.143 e. The molecule has 0 saturated carbocycles. The molecule has 17 heavy (non-hydrogen) atoms. The van der Waals surface area contributed by atoms with Crippen LogP contribution in [0.3, 0.4) is 0 Å². The van der Waals surface area contributed by atoms with E-state index in [1.54, 1.807) is 23.1 Å². The van der Waals surface area contributed by atoms with Gasteiger partial charge in [0.15, 0.2) is 0 Å². The van der Waals surface area contributed by atoms with Crippen molar-refractivity contribution in [3.05, 3.63) is 40.3 Å². The Labute approximate surface area is 118 Å². The van der Waals surface area contributed by atoms with Crippen molar-refractivity contribution in [3.63, 3.8) is 0 Å². The van der Waals surface area contributed by atoms with E-state index in [2.05, 4.69) is 57.3 Å². The van der Waals surface area contributed by atoms with Crippen LogP contribution >= 0.6 is 39.0 Å². The number of rotatable bonds is 5. The second-order valence-corrected chi connectivity index (χ2v) is 6.76. The maximum absolute atomic E-state index is 4.22. The second kappa shape index (κ2) is 6.52. The molecule has 0 aliphatic carbocycles. The van der Waals surface area contributed by atoms with Crippen LogP contribution in [0.1, 0.15) is 28.2 Å². The minimum atomic E-state index is 0.343. The number of hydrogen-bond donors (Lipinski definition) is 0. The summed E-state index contributed by atoms with van der Waals surface area (Å²) in [6, 6.07) is 10.4. The first-order valence-electron chi connectivity index (χ1n) is 5.43. The molecule has 0 aliphatic rings. The molecule has 90 valence electrons. The second-order valence-electron chi connectivity index (χ2n) is 3.51. The van der Waals surface area contributed by atoms with E-state index >= 15 is 0 Å². The van der Waals surface area contributed by atoms with Gasteiger partial charge in [-0.15, -0.1) is 22.0 Å². The van der Waals surface area contributed by atoms with Gasteiger partial charge < -0.3 is 0 Å². The lowest BCUT2D eigenvalue weighted by molar-refractivity contribution is 0.865. The smallest absolute Gasteiger partial charge is 0.131 e. The minimum Gasteiger partial charge on any atom is -0.143 e. The highest BCUT2D eigenvalue weighted by atomic mass is 79.9. The Bertz CT molecular complexity index is 459. The van der Waals surface area contributed by atoms with E-state index in [1.165, 1.54) is 4.90 Å². The molecule has 1 atom stereocenters. The Kier molecular flexibility index (Phi) is 5.00. The monoisotopic (exact) mass is 328 g/mol. The zero-order chi connectivity index (χ0) is 12.1. The Morgan fingerprint density at radius 3 is 2.76 bits per heavy atom. The van der Waals surface area contributed by atoms with Crippen LogP contribution in [0.5, 0.6) is 0 Å². The Balaban J connectivity index is 1.94. The SMILES string of the molecule is CCC(Br)c1nnc(CSc2ccccc2)s1. The number of thioether (sulfide) groups is 1. The molecule has 2 nitrogen and oxygen atoms in total. The maximum atomic E-state index is 4.22. The zero-order valence-corrected chi connectivity index (χ0v) is 12.7. The van der Waals surface area contributed by atoms with Gasteiger partial charge in [0.2, 0.25) is 0 Å². The zero-order valence-electron chi connectivity index (χ0n) is 9.47. The van der Waals surface area contributed by atoms with E-state index in [0.717, 1.165) is 22.2 Å². The summed E-state index contributed by atoms with van der Waals surface area (Å²) in [5, 5.41) is 10.6. The lowest BCUT2D eigenvalue weighted by atomic mass is 10.4. The molecule has 0 N–H and O–H groups in total. The molecular weight excluding hydrogens is 316 g/mol. The van der Waals surface area contributed by atoms with E-state index in [-0.39, 0.29) is 0 Å². The molecule has 0 amide bonds. The van der Waals surface area contributed by atoms with E-state index in [0.29, 0.717) is 4.83 Å². The van der Waals surface area contributed by atoms with Crippen molar-refractivity contribution < 1.29 is 0 Å². The van der Waals surface area contributed by atoms with Crippen LogP contribution in [0.4, 0.5) is 0 Å². The van der Waals surface area contributed by atoms with Crippen LogP contribution in [0.25, 0.3) is 0 Å². The number of halogens is 1. The van der Waals surface area contributed by atoms with Crippen molar-refractivity contribution in [2.24, 2.45) is 0 Å². The van der Waals surface area contributed by atoms with Crippen LogP contribution in [0, 0.1) is 0 Å². The van der Waals surface area contributed by atoms with Gasteiger partial charge in [-0.3, -0.25) is 0 Å². The first-order valence-corrected chi connectivity index (χ1v) is 8.15. The van der Waals surface area contributed by atoms with Crippen LogP contribution in [0.15, 0.2) is 35.2 Å². The summed E-state index contributed by atoms with van der Waals surface area (Å²) in [6.07, 6.45) is 1.04. The average molecular weight is 329 g/mol. The van der Waals surface area contributed by atoms with Crippen LogP contribution in [-0.2, 0) is 5.75 Å². The number of nitrogens with zero attached hydrogens (tertiary/aromatic N) is 2. The number of alkyl halides is 1. The predicted molar refractivity (Wildman–Crippen MR) is 77.9 cm³/mol. The Morgan fingerprint density at radius 2 is 2.06 bits per heavy atom.